The minimum Gasteiger partial charge on any atom is -0.444 e. The van der Waals surface area contributed by atoms with Gasteiger partial charge in [-0.05, 0) is 45.6 Å². The molecule has 2 N–H and O–H groups in total. The number of carbonyl (C=O) groups is 3. The maximum absolute atomic E-state index is 13.7. The maximum atomic E-state index is 13.7. The molecule has 3 amide bonds. The van der Waals surface area contributed by atoms with Gasteiger partial charge in [0, 0.05) is 13.1 Å². The molecule has 7 nitrogen and oxygen atoms in total. The van der Waals surface area contributed by atoms with Gasteiger partial charge in [0.2, 0.25) is 11.8 Å². The van der Waals surface area contributed by atoms with Gasteiger partial charge >= 0.3 is 6.09 Å². The van der Waals surface area contributed by atoms with E-state index in [1.54, 1.807) is 25.7 Å². The van der Waals surface area contributed by atoms with Crippen LogP contribution < -0.4 is 10.6 Å². The number of benzene rings is 1. The fraction of sp³-hybridized carbons (Fsp3) is 0.654. The van der Waals surface area contributed by atoms with Crippen molar-refractivity contribution in [3.05, 3.63) is 35.9 Å². The van der Waals surface area contributed by atoms with Crippen LogP contribution in [0.25, 0.3) is 0 Å². The Labute approximate surface area is 199 Å². The first-order chi connectivity index (χ1) is 15.6. The molecule has 0 saturated carbocycles. The molecule has 0 heterocycles. The lowest BCUT2D eigenvalue weighted by Gasteiger charge is -2.35. The highest BCUT2D eigenvalue weighted by Gasteiger charge is 2.37. The number of rotatable bonds is 12. The average Bonchev–Trinajstić information content (AvgIpc) is 2.77. The lowest BCUT2D eigenvalue weighted by atomic mass is 9.96. The Morgan fingerprint density at radius 1 is 1.03 bits per heavy atom. The number of amides is 3. The number of unbranched alkanes of at least 4 members (excludes halogenated alkanes) is 2. The van der Waals surface area contributed by atoms with Crippen molar-refractivity contribution in [3.8, 4) is 0 Å². The van der Waals surface area contributed by atoms with E-state index in [-0.39, 0.29) is 17.7 Å². The van der Waals surface area contributed by atoms with Crippen LogP contribution in [0.15, 0.2) is 30.3 Å². The molecule has 3 unspecified atom stereocenters. The van der Waals surface area contributed by atoms with Gasteiger partial charge in [-0.15, -0.1) is 0 Å². The molecule has 0 fully saturated rings. The molecule has 1 aromatic carbocycles. The highest BCUT2D eigenvalue weighted by molar-refractivity contribution is 5.92. The third kappa shape index (κ3) is 9.44. The van der Waals surface area contributed by atoms with Crippen molar-refractivity contribution in [2.45, 2.75) is 91.8 Å². The van der Waals surface area contributed by atoms with E-state index in [1.165, 1.54) is 0 Å². The Hall–Kier alpha value is -2.57. The van der Waals surface area contributed by atoms with Crippen LogP contribution in [0.3, 0.4) is 0 Å². The van der Waals surface area contributed by atoms with Gasteiger partial charge in [0.25, 0.3) is 0 Å². The summed E-state index contributed by atoms with van der Waals surface area (Å²) in [7, 11) is 0. The van der Waals surface area contributed by atoms with Crippen LogP contribution in [-0.4, -0.2) is 47.5 Å². The van der Waals surface area contributed by atoms with Gasteiger partial charge in [-0.25, -0.2) is 4.79 Å². The number of hydrogen-bond acceptors (Lipinski definition) is 4. The fourth-order valence-electron chi connectivity index (χ4n) is 3.55. The summed E-state index contributed by atoms with van der Waals surface area (Å²) >= 11 is 0. The molecular weight excluding hydrogens is 418 g/mol. The van der Waals surface area contributed by atoms with Gasteiger partial charge in [0.15, 0.2) is 0 Å². The second-order valence-corrected chi connectivity index (χ2v) is 9.45. The number of nitrogens with zero attached hydrogens (tertiary/aromatic N) is 1. The van der Waals surface area contributed by atoms with Gasteiger partial charge in [-0.1, -0.05) is 70.4 Å². The van der Waals surface area contributed by atoms with Crippen molar-refractivity contribution in [2.75, 3.05) is 13.1 Å². The first-order valence-electron chi connectivity index (χ1n) is 12.2. The summed E-state index contributed by atoms with van der Waals surface area (Å²) in [6.45, 7) is 14.1. The molecular formula is C26H43N3O4. The number of ether oxygens (including phenoxy) is 1. The van der Waals surface area contributed by atoms with Crippen molar-refractivity contribution < 1.29 is 19.1 Å². The number of nitrogens with one attached hydrogen (secondary N) is 2. The molecule has 0 spiro atoms. The van der Waals surface area contributed by atoms with E-state index in [2.05, 4.69) is 17.6 Å². The summed E-state index contributed by atoms with van der Waals surface area (Å²) in [6, 6.07) is 7.72. The number of hydrogen-bond donors (Lipinski definition) is 2. The van der Waals surface area contributed by atoms with Crippen LogP contribution in [0.1, 0.15) is 85.8 Å². The smallest absolute Gasteiger partial charge is 0.408 e. The van der Waals surface area contributed by atoms with Crippen molar-refractivity contribution in [3.63, 3.8) is 0 Å². The van der Waals surface area contributed by atoms with Crippen LogP contribution in [0.2, 0.25) is 0 Å². The lowest BCUT2D eigenvalue weighted by Crippen LogP contribution is -2.55. The van der Waals surface area contributed by atoms with Crippen molar-refractivity contribution >= 4 is 17.9 Å². The number of carbonyl (C=O) groups excluding carboxylic acids is 3. The van der Waals surface area contributed by atoms with Crippen LogP contribution in [0.5, 0.6) is 0 Å². The van der Waals surface area contributed by atoms with Gasteiger partial charge in [0.05, 0.1) is 0 Å². The average molecular weight is 462 g/mol. The molecule has 1 aromatic rings. The zero-order valence-corrected chi connectivity index (χ0v) is 21.4. The van der Waals surface area contributed by atoms with E-state index in [4.69, 9.17) is 4.74 Å². The SMILES string of the molecule is CCCCCNC(=O)C(c1ccccc1)N(CC)C(=O)C(NC(=O)OC(C)(C)C)C(C)CC. The molecule has 0 aliphatic heterocycles. The van der Waals surface area contributed by atoms with Gasteiger partial charge < -0.3 is 20.3 Å². The van der Waals surface area contributed by atoms with Crippen molar-refractivity contribution in [1.82, 2.24) is 15.5 Å². The third-order valence-corrected chi connectivity index (χ3v) is 5.53. The van der Waals surface area contributed by atoms with Crippen LogP contribution >= 0.6 is 0 Å². The summed E-state index contributed by atoms with van der Waals surface area (Å²) in [5.74, 6) is -0.647. The second kappa shape index (κ2) is 13.9. The first kappa shape index (κ1) is 28.5. The van der Waals surface area contributed by atoms with E-state index in [1.807, 2.05) is 51.1 Å². The Bertz CT molecular complexity index is 746. The minimum absolute atomic E-state index is 0.136. The summed E-state index contributed by atoms with van der Waals surface area (Å²) in [5.41, 5.74) is 0.0589. The minimum atomic E-state index is -0.802. The zero-order valence-electron chi connectivity index (χ0n) is 21.4. The molecule has 0 aliphatic rings. The highest BCUT2D eigenvalue weighted by atomic mass is 16.6. The second-order valence-electron chi connectivity index (χ2n) is 9.45. The molecule has 7 heteroatoms. The molecule has 0 saturated heterocycles. The molecule has 1 rings (SSSR count). The van der Waals surface area contributed by atoms with Crippen molar-refractivity contribution in [2.24, 2.45) is 5.92 Å². The van der Waals surface area contributed by atoms with Gasteiger partial charge in [0.1, 0.15) is 17.7 Å². The zero-order chi connectivity index (χ0) is 25.0. The molecule has 0 radical (unpaired) electrons. The van der Waals surface area contributed by atoms with E-state index >= 15 is 0 Å². The monoisotopic (exact) mass is 461 g/mol. The Morgan fingerprint density at radius 2 is 1.67 bits per heavy atom. The van der Waals surface area contributed by atoms with E-state index in [9.17, 15) is 14.4 Å². The Kier molecular flexibility index (Phi) is 12.0. The lowest BCUT2D eigenvalue weighted by molar-refractivity contribution is -0.143. The Balaban J connectivity index is 3.22. The maximum Gasteiger partial charge on any atom is 0.408 e. The van der Waals surface area contributed by atoms with E-state index < -0.39 is 23.8 Å². The van der Waals surface area contributed by atoms with Crippen LogP contribution in [0.4, 0.5) is 4.79 Å². The third-order valence-electron chi connectivity index (χ3n) is 5.53. The van der Waals surface area contributed by atoms with Gasteiger partial charge in [-0.2, -0.15) is 0 Å². The highest BCUT2D eigenvalue weighted by Crippen LogP contribution is 2.24. The quantitative estimate of drug-likeness (QED) is 0.437. The number of alkyl carbamates (subject to hydrolysis) is 1. The molecule has 3 atom stereocenters. The number of likely N-dealkylation sites (N-methyl/N-ethyl adjacent to an activating group) is 1. The molecule has 186 valence electrons. The molecule has 33 heavy (non-hydrogen) atoms. The summed E-state index contributed by atoms with van der Waals surface area (Å²) in [5, 5.41) is 5.75. The fourth-order valence-corrected chi connectivity index (χ4v) is 3.55. The van der Waals surface area contributed by atoms with Crippen LogP contribution in [-0.2, 0) is 14.3 Å². The molecule has 0 aromatic heterocycles. The normalized spacial score (nSPS) is 14.0. The standard InChI is InChI=1S/C26H43N3O4/c1-8-11-15-18-27-23(30)22(20-16-13-12-14-17-20)29(10-3)24(31)21(19(4)9-2)28-25(32)33-26(5,6)7/h12-14,16-17,19,21-22H,8-11,15,18H2,1-7H3,(H,27,30)(H,28,32). The summed E-state index contributed by atoms with van der Waals surface area (Å²) in [4.78, 5) is 41.1. The topological polar surface area (TPSA) is 87.7 Å². The molecule has 0 aliphatic carbocycles. The van der Waals surface area contributed by atoms with Gasteiger partial charge in [-0.3, -0.25) is 9.59 Å². The summed E-state index contributed by atoms with van der Waals surface area (Å²) < 4.78 is 5.39. The van der Waals surface area contributed by atoms with E-state index in [0.29, 0.717) is 19.5 Å². The van der Waals surface area contributed by atoms with Crippen molar-refractivity contribution in [1.29, 1.82) is 0 Å². The largest absolute Gasteiger partial charge is 0.444 e. The Morgan fingerprint density at radius 3 is 2.18 bits per heavy atom. The predicted molar refractivity (Wildman–Crippen MR) is 132 cm³/mol. The predicted octanol–water partition coefficient (Wildman–Crippen LogP) is 4.82. The van der Waals surface area contributed by atoms with Crippen LogP contribution in [0, 0.1) is 5.92 Å². The van der Waals surface area contributed by atoms with E-state index in [0.717, 1.165) is 24.8 Å². The molecule has 0 bridgehead atoms. The first-order valence-corrected chi connectivity index (χ1v) is 12.2. The summed E-state index contributed by atoms with van der Waals surface area (Å²) in [6.07, 6.45) is 3.02.